The molecule has 0 radical (unpaired) electrons. The number of fused-ring (bicyclic) bond motifs is 1. The minimum absolute atomic E-state index is 0.128. The second-order valence-electron chi connectivity index (χ2n) is 4.81. The van der Waals surface area contributed by atoms with Gasteiger partial charge in [0.15, 0.2) is 0 Å². The van der Waals surface area contributed by atoms with E-state index in [2.05, 4.69) is 5.32 Å². The molecular formula is C13H16FN. The van der Waals surface area contributed by atoms with E-state index >= 15 is 0 Å². The van der Waals surface area contributed by atoms with E-state index in [9.17, 15) is 4.39 Å². The molecule has 1 aliphatic carbocycles. The van der Waals surface area contributed by atoms with E-state index in [0.717, 1.165) is 18.4 Å². The van der Waals surface area contributed by atoms with Gasteiger partial charge >= 0.3 is 0 Å². The van der Waals surface area contributed by atoms with Crippen molar-refractivity contribution in [3.05, 3.63) is 35.6 Å². The van der Waals surface area contributed by atoms with Crippen molar-refractivity contribution in [3.8, 4) is 0 Å². The van der Waals surface area contributed by atoms with Crippen LogP contribution >= 0.6 is 0 Å². The molecule has 0 aromatic heterocycles. The standard InChI is InChI=1S/C13H16FN/c14-11-3-1-9(2-4-11)12-7-10-5-6-15-8-13(10)12/h1-4,10,12-13,15H,5-8H2/t10-,12+,13-/m1/s1. The summed E-state index contributed by atoms with van der Waals surface area (Å²) in [7, 11) is 0. The maximum Gasteiger partial charge on any atom is 0.123 e. The van der Waals surface area contributed by atoms with Gasteiger partial charge in [-0.2, -0.15) is 0 Å². The fraction of sp³-hybridized carbons (Fsp3) is 0.538. The molecule has 3 rings (SSSR count). The van der Waals surface area contributed by atoms with Crippen molar-refractivity contribution in [1.82, 2.24) is 5.32 Å². The monoisotopic (exact) mass is 205 g/mol. The topological polar surface area (TPSA) is 12.0 Å². The third kappa shape index (κ3) is 1.57. The fourth-order valence-corrected chi connectivity index (χ4v) is 3.10. The van der Waals surface area contributed by atoms with Crippen LogP contribution in [0.3, 0.4) is 0 Å². The molecule has 0 bridgehead atoms. The average Bonchev–Trinajstić information content (AvgIpc) is 2.23. The van der Waals surface area contributed by atoms with E-state index in [0.29, 0.717) is 5.92 Å². The summed E-state index contributed by atoms with van der Waals surface area (Å²) >= 11 is 0. The molecule has 2 heteroatoms. The predicted molar refractivity (Wildman–Crippen MR) is 58.2 cm³/mol. The Hall–Kier alpha value is -0.890. The summed E-state index contributed by atoms with van der Waals surface area (Å²) in [6, 6.07) is 7.06. The zero-order valence-electron chi connectivity index (χ0n) is 8.75. The van der Waals surface area contributed by atoms with Crippen LogP contribution in [0.4, 0.5) is 4.39 Å². The van der Waals surface area contributed by atoms with Crippen LogP contribution in [0.2, 0.25) is 0 Å². The molecule has 1 saturated heterocycles. The first-order valence-electron chi connectivity index (χ1n) is 5.81. The van der Waals surface area contributed by atoms with Crippen molar-refractivity contribution in [2.24, 2.45) is 11.8 Å². The van der Waals surface area contributed by atoms with Gasteiger partial charge in [0.05, 0.1) is 0 Å². The maximum absolute atomic E-state index is 12.8. The van der Waals surface area contributed by atoms with Gasteiger partial charge in [-0.1, -0.05) is 12.1 Å². The number of hydrogen-bond donors (Lipinski definition) is 1. The van der Waals surface area contributed by atoms with Crippen molar-refractivity contribution >= 4 is 0 Å². The molecule has 2 aliphatic rings. The quantitative estimate of drug-likeness (QED) is 0.743. The van der Waals surface area contributed by atoms with E-state index in [1.165, 1.54) is 24.9 Å². The molecule has 3 atom stereocenters. The van der Waals surface area contributed by atoms with Crippen LogP contribution in [0.25, 0.3) is 0 Å². The lowest BCUT2D eigenvalue weighted by Crippen LogP contribution is -2.47. The fourth-order valence-electron chi connectivity index (χ4n) is 3.10. The van der Waals surface area contributed by atoms with Crippen molar-refractivity contribution in [1.29, 1.82) is 0 Å². The van der Waals surface area contributed by atoms with Crippen molar-refractivity contribution in [3.63, 3.8) is 0 Å². The number of piperidine rings is 1. The van der Waals surface area contributed by atoms with E-state index in [-0.39, 0.29) is 5.82 Å². The third-order valence-corrected chi connectivity index (χ3v) is 4.05. The normalized spacial score (nSPS) is 34.3. The van der Waals surface area contributed by atoms with Gasteiger partial charge in [-0.25, -0.2) is 4.39 Å². The summed E-state index contributed by atoms with van der Waals surface area (Å²) in [4.78, 5) is 0. The first-order valence-corrected chi connectivity index (χ1v) is 5.81. The van der Waals surface area contributed by atoms with Crippen molar-refractivity contribution < 1.29 is 4.39 Å². The SMILES string of the molecule is Fc1ccc([C@@H]2C[C@H]3CCNC[C@H]32)cc1. The highest BCUT2D eigenvalue weighted by molar-refractivity contribution is 5.25. The molecule has 1 aromatic rings. The summed E-state index contributed by atoms with van der Waals surface area (Å²) in [5.41, 5.74) is 1.32. The minimum Gasteiger partial charge on any atom is -0.316 e. The third-order valence-electron chi connectivity index (χ3n) is 4.05. The summed E-state index contributed by atoms with van der Waals surface area (Å²) in [5, 5.41) is 3.45. The predicted octanol–water partition coefficient (Wildman–Crippen LogP) is 2.54. The molecule has 2 fully saturated rings. The Morgan fingerprint density at radius 1 is 1.20 bits per heavy atom. The number of benzene rings is 1. The summed E-state index contributed by atoms with van der Waals surface area (Å²) in [6.07, 6.45) is 2.63. The summed E-state index contributed by atoms with van der Waals surface area (Å²) in [6.45, 7) is 2.32. The number of hydrogen-bond acceptors (Lipinski definition) is 1. The molecule has 1 nitrogen and oxygen atoms in total. The number of rotatable bonds is 1. The Balaban J connectivity index is 1.76. The van der Waals surface area contributed by atoms with Gasteiger partial charge in [-0.3, -0.25) is 0 Å². The molecule has 0 unspecified atom stereocenters. The second-order valence-corrected chi connectivity index (χ2v) is 4.81. The minimum atomic E-state index is -0.128. The summed E-state index contributed by atoms with van der Waals surface area (Å²) in [5.74, 6) is 2.25. The van der Waals surface area contributed by atoms with Gasteiger partial charge < -0.3 is 5.32 Å². The molecule has 0 amide bonds. The molecule has 1 N–H and O–H groups in total. The van der Waals surface area contributed by atoms with Gasteiger partial charge in [-0.05, 0) is 61.4 Å². The Labute approximate surface area is 89.7 Å². The average molecular weight is 205 g/mol. The lowest BCUT2D eigenvalue weighted by molar-refractivity contribution is 0.0933. The van der Waals surface area contributed by atoms with E-state index in [1.54, 1.807) is 12.1 Å². The van der Waals surface area contributed by atoms with Crippen LogP contribution in [0.1, 0.15) is 24.3 Å². The lowest BCUT2D eigenvalue weighted by atomic mass is 9.60. The molecular weight excluding hydrogens is 189 g/mol. The largest absolute Gasteiger partial charge is 0.316 e. The second kappa shape index (κ2) is 3.60. The number of nitrogens with one attached hydrogen (secondary N) is 1. The zero-order valence-corrected chi connectivity index (χ0v) is 8.75. The van der Waals surface area contributed by atoms with Gasteiger partial charge in [0, 0.05) is 0 Å². The van der Waals surface area contributed by atoms with Crippen LogP contribution in [-0.4, -0.2) is 13.1 Å². The van der Waals surface area contributed by atoms with Crippen molar-refractivity contribution in [2.45, 2.75) is 18.8 Å². The Morgan fingerprint density at radius 3 is 2.73 bits per heavy atom. The highest BCUT2D eigenvalue weighted by Gasteiger charge is 2.42. The van der Waals surface area contributed by atoms with Crippen molar-refractivity contribution in [2.75, 3.05) is 13.1 Å². The molecule has 1 saturated carbocycles. The van der Waals surface area contributed by atoms with Crippen LogP contribution in [0.15, 0.2) is 24.3 Å². The Bertz CT molecular complexity index is 346. The Kier molecular flexibility index (Phi) is 2.24. The van der Waals surface area contributed by atoms with Gasteiger partial charge in [-0.15, -0.1) is 0 Å². The molecule has 0 spiro atoms. The zero-order chi connectivity index (χ0) is 10.3. The molecule has 15 heavy (non-hydrogen) atoms. The first-order chi connectivity index (χ1) is 7.34. The van der Waals surface area contributed by atoms with Crippen LogP contribution < -0.4 is 5.32 Å². The maximum atomic E-state index is 12.8. The van der Waals surface area contributed by atoms with Crippen LogP contribution in [0, 0.1) is 17.7 Å². The van der Waals surface area contributed by atoms with Crippen LogP contribution in [0.5, 0.6) is 0 Å². The smallest absolute Gasteiger partial charge is 0.123 e. The van der Waals surface area contributed by atoms with Crippen LogP contribution in [-0.2, 0) is 0 Å². The highest BCUT2D eigenvalue weighted by atomic mass is 19.1. The van der Waals surface area contributed by atoms with E-state index in [4.69, 9.17) is 0 Å². The van der Waals surface area contributed by atoms with Gasteiger partial charge in [0.1, 0.15) is 5.82 Å². The van der Waals surface area contributed by atoms with Gasteiger partial charge in [0.25, 0.3) is 0 Å². The Morgan fingerprint density at radius 2 is 2.00 bits per heavy atom. The molecule has 1 aromatic carbocycles. The highest BCUT2D eigenvalue weighted by Crippen LogP contribution is 2.49. The first kappa shape index (κ1) is 9.34. The van der Waals surface area contributed by atoms with Gasteiger partial charge in [0.2, 0.25) is 0 Å². The lowest BCUT2D eigenvalue weighted by Gasteiger charge is -2.48. The molecule has 80 valence electrons. The summed E-state index contributed by atoms with van der Waals surface area (Å²) < 4.78 is 12.8. The number of halogens is 1. The van der Waals surface area contributed by atoms with E-state index < -0.39 is 0 Å². The molecule has 1 aliphatic heterocycles. The van der Waals surface area contributed by atoms with E-state index in [1.807, 2.05) is 12.1 Å². The molecule has 1 heterocycles.